The molecule has 19 heavy (non-hydrogen) atoms. The van der Waals surface area contributed by atoms with Gasteiger partial charge in [-0.05, 0) is 35.1 Å². The summed E-state index contributed by atoms with van der Waals surface area (Å²) < 4.78 is 13.2. The van der Waals surface area contributed by atoms with Crippen LogP contribution in [0.15, 0.2) is 41.2 Å². The van der Waals surface area contributed by atoms with Crippen LogP contribution in [0.4, 0.5) is 4.39 Å². The van der Waals surface area contributed by atoms with E-state index in [1.54, 1.807) is 6.07 Å². The molecular weight excluding hydrogens is 241 g/mol. The topological polar surface area (TPSA) is 32.9 Å². The van der Waals surface area contributed by atoms with Gasteiger partial charge in [-0.1, -0.05) is 32.0 Å². The normalized spacial score (nSPS) is 11.6. The molecule has 0 spiro atoms. The number of hydrogen-bond donors (Lipinski definition) is 1. The first-order chi connectivity index (χ1) is 9.06. The summed E-state index contributed by atoms with van der Waals surface area (Å²) >= 11 is 0. The Kier molecular flexibility index (Phi) is 2.63. The maximum atomic E-state index is 13.2. The van der Waals surface area contributed by atoms with E-state index in [9.17, 15) is 9.18 Å². The highest BCUT2D eigenvalue weighted by molar-refractivity contribution is 6.05. The Morgan fingerprint density at radius 3 is 2.47 bits per heavy atom. The van der Waals surface area contributed by atoms with Gasteiger partial charge in [-0.2, -0.15) is 0 Å². The molecule has 0 unspecified atom stereocenters. The Bertz CT molecular complexity index is 833. The molecule has 96 valence electrons. The summed E-state index contributed by atoms with van der Waals surface area (Å²) in [6.45, 7) is 4.21. The minimum absolute atomic E-state index is 0.247. The van der Waals surface area contributed by atoms with Gasteiger partial charge in [0.15, 0.2) is 0 Å². The van der Waals surface area contributed by atoms with Gasteiger partial charge in [0, 0.05) is 10.9 Å². The van der Waals surface area contributed by atoms with Gasteiger partial charge in [0.25, 0.3) is 5.56 Å². The molecule has 3 rings (SSSR count). The molecule has 0 saturated carbocycles. The Balaban J connectivity index is 2.45. The monoisotopic (exact) mass is 255 g/mol. The molecule has 0 aliphatic heterocycles. The molecule has 0 radical (unpaired) electrons. The fourth-order valence-electron chi connectivity index (χ4n) is 2.39. The quantitative estimate of drug-likeness (QED) is 0.656. The summed E-state index contributed by atoms with van der Waals surface area (Å²) in [5.74, 6) is 0.00738. The molecule has 0 bridgehead atoms. The number of pyridine rings is 1. The van der Waals surface area contributed by atoms with Crippen molar-refractivity contribution >= 4 is 21.7 Å². The summed E-state index contributed by atoms with van der Waals surface area (Å²) in [5.41, 5.74) is 1.72. The lowest BCUT2D eigenvalue weighted by molar-refractivity contribution is 0.629. The maximum absolute atomic E-state index is 13.2. The van der Waals surface area contributed by atoms with E-state index in [4.69, 9.17) is 0 Å². The average molecular weight is 255 g/mol. The second-order valence-electron chi connectivity index (χ2n) is 5.10. The fraction of sp³-hybridized carbons (Fsp3) is 0.188. The molecule has 0 fully saturated rings. The number of H-pyrrole nitrogens is 1. The number of hydrogen-bond acceptors (Lipinski definition) is 1. The molecule has 0 saturated heterocycles. The van der Waals surface area contributed by atoms with Crippen LogP contribution in [0.1, 0.15) is 25.3 Å². The molecule has 0 aliphatic carbocycles. The summed E-state index contributed by atoms with van der Waals surface area (Å²) in [6, 6.07) is 10.4. The van der Waals surface area contributed by atoms with E-state index in [-0.39, 0.29) is 5.56 Å². The zero-order valence-corrected chi connectivity index (χ0v) is 10.8. The SMILES string of the molecule is CC(C)c1ccc2c(c1)[nH]c(=O)c1cc(F)ccc12. The predicted molar refractivity (Wildman–Crippen MR) is 76.1 cm³/mol. The predicted octanol–water partition coefficient (Wildman–Crippen LogP) is 3.94. The largest absolute Gasteiger partial charge is 0.321 e. The number of benzene rings is 2. The third-order valence-corrected chi connectivity index (χ3v) is 3.47. The van der Waals surface area contributed by atoms with Crippen molar-refractivity contribution in [3.8, 4) is 0 Å². The average Bonchev–Trinajstić information content (AvgIpc) is 2.38. The van der Waals surface area contributed by atoms with Crippen molar-refractivity contribution in [2.24, 2.45) is 0 Å². The molecule has 1 heterocycles. The van der Waals surface area contributed by atoms with Crippen LogP contribution in [0.2, 0.25) is 0 Å². The van der Waals surface area contributed by atoms with Crippen LogP contribution in [0.3, 0.4) is 0 Å². The van der Waals surface area contributed by atoms with Crippen molar-refractivity contribution in [3.05, 3.63) is 58.1 Å². The molecule has 3 heteroatoms. The lowest BCUT2D eigenvalue weighted by atomic mass is 9.99. The van der Waals surface area contributed by atoms with Gasteiger partial charge in [0.05, 0.1) is 5.39 Å². The van der Waals surface area contributed by atoms with Crippen molar-refractivity contribution in [3.63, 3.8) is 0 Å². The zero-order chi connectivity index (χ0) is 13.6. The number of fused-ring (bicyclic) bond motifs is 3. The number of aromatic nitrogens is 1. The van der Waals surface area contributed by atoms with Crippen LogP contribution in [0.25, 0.3) is 21.7 Å². The Morgan fingerprint density at radius 1 is 1.00 bits per heavy atom. The van der Waals surface area contributed by atoms with E-state index in [1.807, 2.05) is 18.2 Å². The lowest BCUT2D eigenvalue weighted by Gasteiger charge is -2.08. The molecule has 0 amide bonds. The Labute approximate surface area is 109 Å². The van der Waals surface area contributed by atoms with Crippen LogP contribution in [-0.2, 0) is 0 Å². The highest BCUT2D eigenvalue weighted by Crippen LogP contribution is 2.25. The van der Waals surface area contributed by atoms with E-state index in [2.05, 4.69) is 18.8 Å². The number of rotatable bonds is 1. The highest BCUT2D eigenvalue weighted by atomic mass is 19.1. The van der Waals surface area contributed by atoms with E-state index < -0.39 is 5.82 Å². The van der Waals surface area contributed by atoms with Gasteiger partial charge in [-0.15, -0.1) is 0 Å². The number of aromatic amines is 1. The third kappa shape index (κ3) is 1.91. The lowest BCUT2D eigenvalue weighted by Crippen LogP contribution is -2.07. The molecule has 1 N–H and O–H groups in total. The standard InChI is InChI=1S/C16H14FNO/c1-9(2)10-3-5-13-12-6-4-11(17)8-14(12)16(19)18-15(13)7-10/h3-9H,1-2H3,(H,18,19). The Morgan fingerprint density at radius 2 is 1.74 bits per heavy atom. The minimum atomic E-state index is -0.392. The van der Waals surface area contributed by atoms with Crippen LogP contribution in [0, 0.1) is 5.82 Å². The van der Waals surface area contributed by atoms with Crippen molar-refractivity contribution in [2.45, 2.75) is 19.8 Å². The molecule has 3 aromatic rings. The van der Waals surface area contributed by atoms with E-state index in [0.29, 0.717) is 11.3 Å². The molecule has 2 nitrogen and oxygen atoms in total. The van der Waals surface area contributed by atoms with Crippen LogP contribution in [-0.4, -0.2) is 4.98 Å². The van der Waals surface area contributed by atoms with E-state index in [1.165, 1.54) is 17.7 Å². The van der Waals surface area contributed by atoms with Gasteiger partial charge in [-0.3, -0.25) is 4.79 Å². The summed E-state index contributed by atoms with van der Waals surface area (Å²) in [6.07, 6.45) is 0. The van der Waals surface area contributed by atoms with Crippen LogP contribution >= 0.6 is 0 Å². The first-order valence-electron chi connectivity index (χ1n) is 6.31. The minimum Gasteiger partial charge on any atom is -0.321 e. The van der Waals surface area contributed by atoms with Crippen molar-refractivity contribution < 1.29 is 4.39 Å². The van der Waals surface area contributed by atoms with Gasteiger partial charge < -0.3 is 4.98 Å². The van der Waals surface area contributed by atoms with E-state index in [0.717, 1.165) is 16.3 Å². The first-order valence-corrected chi connectivity index (χ1v) is 6.31. The maximum Gasteiger partial charge on any atom is 0.256 e. The van der Waals surface area contributed by atoms with Gasteiger partial charge in [0.1, 0.15) is 5.82 Å². The van der Waals surface area contributed by atoms with Gasteiger partial charge in [-0.25, -0.2) is 4.39 Å². The first kappa shape index (κ1) is 11.9. The third-order valence-electron chi connectivity index (χ3n) is 3.47. The second kappa shape index (κ2) is 4.19. The second-order valence-corrected chi connectivity index (χ2v) is 5.10. The summed E-state index contributed by atoms with van der Waals surface area (Å²) in [5, 5.41) is 2.12. The van der Waals surface area contributed by atoms with Crippen LogP contribution in [0.5, 0.6) is 0 Å². The Hall–Kier alpha value is -2.16. The fourth-order valence-corrected chi connectivity index (χ4v) is 2.39. The van der Waals surface area contributed by atoms with Crippen molar-refractivity contribution in [1.29, 1.82) is 0 Å². The molecule has 0 atom stereocenters. The van der Waals surface area contributed by atoms with E-state index >= 15 is 0 Å². The molecule has 2 aromatic carbocycles. The summed E-state index contributed by atoms with van der Waals surface area (Å²) in [4.78, 5) is 14.8. The van der Waals surface area contributed by atoms with Crippen LogP contribution < -0.4 is 5.56 Å². The number of halogens is 1. The number of nitrogens with one attached hydrogen (secondary N) is 1. The molecule has 1 aromatic heterocycles. The van der Waals surface area contributed by atoms with Gasteiger partial charge in [0.2, 0.25) is 0 Å². The molecular formula is C16H14FNO. The highest BCUT2D eigenvalue weighted by Gasteiger charge is 2.08. The molecule has 0 aliphatic rings. The summed E-state index contributed by atoms with van der Waals surface area (Å²) in [7, 11) is 0. The zero-order valence-electron chi connectivity index (χ0n) is 10.8. The smallest absolute Gasteiger partial charge is 0.256 e. The van der Waals surface area contributed by atoms with Crippen molar-refractivity contribution in [2.75, 3.05) is 0 Å². The van der Waals surface area contributed by atoms with Gasteiger partial charge >= 0.3 is 0 Å². The van der Waals surface area contributed by atoms with Crippen molar-refractivity contribution in [1.82, 2.24) is 4.98 Å².